The van der Waals surface area contributed by atoms with Gasteiger partial charge in [-0.1, -0.05) is 41.4 Å². The Bertz CT molecular complexity index is 1440. The van der Waals surface area contributed by atoms with Crippen LogP contribution in [0.25, 0.3) is 10.9 Å². The third kappa shape index (κ3) is 5.45. The van der Waals surface area contributed by atoms with Crippen molar-refractivity contribution in [3.8, 4) is 0 Å². The van der Waals surface area contributed by atoms with Gasteiger partial charge in [-0.3, -0.25) is 14.6 Å². The molecule has 1 saturated heterocycles. The molecule has 1 aliphatic heterocycles. The molecule has 0 bridgehead atoms. The zero-order chi connectivity index (χ0) is 25.9. The summed E-state index contributed by atoms with van der Waals surface area (Å²) in [6.45, 7) is 9.06. The maximum atomic E-state index is 13.5. The van der Waals surface area contributed by atoms with Crippen molar-refractivity contribution in [2.24, 2.45) is 0 Å². The number of pyridine rings is 1. The lowest BCUT2D eigenvalue weighted by Crippen LogP contribution is -2.48. The summed E-state index contributed by atoms with van der Waals surface area (Å²) >= 11 is 6.41. The summed E-state index contributed by atoms with van der Waals surface area (Å²) in [6, 6.07) is 13.8. The fourth-order valence-electron chi connectivity index (χ4n) is 5.20. The molecule has 2 aromatic heterocycles. The zero-order valence-corrected chi connectivity index (χ0v) is 22.2. The quantitative estimate of drug-likeness (QED) is 0.380. The van der Waals surface area contributed by atoms with Gasteiger partial charge in [0.1, 0.15) is 6.04 Å². The molecular formula is C27H32ClN7O2. The van der Waals surface area contributed by atoms with E-state index < -0.39 is 0 Å². The van der Waals surface area contributed by atoms with E-state index in [0.717, 1.165) is 65.3 Å². The first kappa shape index (κ1) is 25.5. The molecule has 1 fully saturated rings. The Kier molecular flexibility index (Phi) is 7.66. The molecule has 0 spiro atoms. The maximum Gasteiger partial charge on any atom is 0.253 e. The van der Waals surface area contributed by atoms with Crippen LogP contribution in [0.3, 0.4) is 0 Å². The Morgan fingerprint density at radius 2 is 1.89 bits per heavy atom. The highest BCUT2D eigenvalue weighted by atomic mass is 35.5. The smallest absolute Gasteiger partial charge is 0.253 e. The van der Waals surface area contributed by atoms with Crippen molar-refractivity contribution < 1.29 is 4.74 Å². The summed E-state index contributed by atoms with van der Waals surface area (Å²) < 4.78 is 7.02. The van der Waals surface area contributed by atoms with E-state index in [-0.39, 0.29) is 11.6 Å². The Morgan fingerprint density at radius 1 is 1.11 bits per heavy atom. The number of nitrogens with one attached hydrogen (secondary N) is 1. The first-order valence-electron chi connectivity index (χ1n) is 12.5. The van der Waals surface area contributed by atoms with E-state index in [9.17, 15) is 4.79 Å². The summed E-state index contributed by atoms with van der Waals surface area (Å²) in [5.74, 6) is 0.644. The molecule has 1 atom stereocenters. The van der Waals surface area contributed by atoms with Crippen molar-refractivity contribution in [1.29, 1.82) is 0 Å². The molecule has 0 saturated carbocycles. The maximum absolute atomic E-state index is 13.5. The number of aromatic amines is 1. The number of aromatic nitrogens is 5. The predicted octanol–water partition coefficient (Wildman–Crippen LogP) is 3.34. The molecule has 0 radical (unpaired) electrons. The standard InChI is InChI=1S/C27H32ClN7O2/c1-18-14-19(2)24-21(15-18)16-22(27(36)29-24)25(26-30-31-32-35(26)12-13-37-3)34-10-8-33(9-11-34)17-20-6-4-5-7-23(20)28/h4-7,14-16,25H,8-13,17H2,1-3H3,(H,29,36). The van der Waals surface area contributed by atoms with Crippen LogP contribution in [0.2, 0.25) is 5.02 Å². The Morgan fingerprint density at radius 3 is 2.65 bits per heavy atom. The van der Waals surface area contributed by atoms with Crippen LogP contribution in [0.1, 0.15) is 34.1 Å². The molecule has 1 aliphatic rings. The molecule has 4 aromatic rings. The monoisotopic (exact) mass is 521 g/mol. The molecule has 5 rings (SSSR count). The molecule has 0 amide bonds. The average molecular weight is 522 g/mol. The van der Waals surface area contributed by atoms with Crippen molar-refractivity contribution in [1.82, 2.24) is 35.0 Å². The van der Waals surface area contributed by atoms with Crippen LogP contribution in [0, 0.1) is 13.8 Å². The fourth-order valence-corrected chi connectivity index (χ4v) is 5.39. The number of tetrazole rings is 1. The lowest BCUT2D eigenvalue weighted by atomic mass is 10.00. The van der Waals surface area contributed by atoms with Crippen molar-refractivity contribution >= 4 is 22.5 Å². The van der Waals surface area contributed by atoms with E-state index in [1.807, 2.05) is 31.2 Å². The van der Waals surface area contributed by atoms with Gasteiger partial charge in [0.25, 0.3) is 5.56 Å². The second-order valence-electron chi connectivity index (χ2n) is 9.66. The number of aryl methyl sites for hydroxylation is 2. The van der Waals surface area contributed by atoms with Gasteiger partial charge in [0.15, 0.2) is 5.82 Å². The van der Waals surface area contributed by atoms with Gasteiger partial charge in [0.2, 0.25) is 0 Å². The molecule has 37 heavy (non-hydrogen) atoms. The number of nitrogens with zero attached hydrogens (tertiary/aromatic N) is 6. The van der Waals surface area contributed by atoms with E-state index in [0.29, 0.717) is 24.5 Å². The summed E-state index contributed by atoms with van der Waals surface area (Å²) in [4.78, 5) is 21.3. The lowest BCUT2D eigenvalue weighted by Gasteiger charge is -2.38. The van der Waals surface area contributed by atoms with Crippen LogP contribution in [0.4, 0.5) is 0 Å². The molecule has 10 heteroatoms. The first-order valence-corrected chi connectivity index (χ1v) is 12.9. The van der Waals surface area contributed by atoms with Gasteiger partial charge < -0.3 is 9.72 Å². The largest absolute Gasteiger partial charge is 0.383 e. The average Bonchev–Trinajstić information content (AvgIpc) is 3.34. The summed E-state index contributed by atoms with van der Waals surface area (Å²) in [7, 11) is 1.65. The topological polar surface area (TPSA) is 92.2 Å². The first-order chi connectivity index (χ1) is 17.9. The molecule has 9 nitrogen and oxygen atoms in total. The van der Waals surface area contributed by atoms with Crippen molar-refractivity contribution in [3.05, 3.63) is 85.9 Å². The van der Waals surface area contributed by atoms with Crippen LogP contribution in [-0.2, 0) is 17.8 Å². The van der Waals surface area contributed by atoms with Crippen LogP contribution in [0.5, 0.6) is 0 Å². The van der Waals surface area contributed by atoms with Gasteiger partial charge in [0.05, 0.1) is 18.7 Å². The minimum atomic E-state index is -0.386. The third-order valence-electron chi connectivity index (χ3n) is 7.05. The van der Waals surface area contributed by atoms with E-state index in [4.69, 9.17) is 16.3 Å². The summed E-state index contributed by atoms with van der Waals surface area (Å²) in [5, 5.41) is 14.4. The van der Waals surface area contributed by atoms with E-state index in [1.54, 1.807) is 11.8 Å². The summed E-state index contributed by atoms with van der Waals surface area (Å²) in [6.07, 6.45) is 0. The van der Waals surface area contributed by atoms with Gasteiger partial charge in [-0.2, -0.15) is 0 Å². The van der Waals surface area contributed by atoms with Gasteiger partial charge in [0, 0.05) is 50.4 Å². The predicted molar refractivity (Wildman–Crippen MR) is 144 cm³/mol. The lowest BCUT2D eigenvalue weighted by molar-refractivity contribution is 0.0985. The molecule has 1 N–H and O–H groups in total. The number of ether oxygens (including phenoxy) is 1. The number of H-pyrrole nitrogens is 1. The number of halogens is 1. The van der Waals surface area contributed by atoms with Crippen molar-refractivity contribution in [3.63, 3.8) is 0 Å². The van der Waals surface area contributed by atoms with Gasteiger partial charge in [-0.15, -0.1) is 5.10 Å². The number of hydrogen-bond acceptors (Lipinski definition) is 7. The number of benzene rings is 2. The van der Waals surface area contributed by atoms with Crippen LogP contribution in [-0.4, -0.2) is 74.9 Å². The fraction of sp³-hybridized carbons (Fsp3) is 0.407. The third-order valence-corrected chi connectivity index (χ3v) is 7.42. The number of hydrogen-bond donors (Lipinski definition) is 1. The molecule has 3 heterocycles. The van der Waals surface area contributed by atoms with Gasteiger partial charge in [-0.25, -0.2) is 4.68 Å². The van der Waals surface area contributed by atoms with Crippen LogP contribution < -0.4 is 5.56 Å². The summed E-state index contributed by atoms with van der Waals surface area (Å²) in [5.41, 5.74) is 4.71. The molecule has 0 aliphatic carbocycles. The second kappa shape index (κ2) is 11.1. The van der Waals surface area contributed by atoms with Gasteiger partial charge >= 0.3 is 0 Å². The second-order valence-corrected chi connectivity index (χ2v) is 10.1. The Balaban J connectivity index is 1.49. The Labute approximate surface area is 221 Å². The number of methoxy groups -OCH3 is 1. The number of rotatable bonds is 8. The van der Waals surface area contributed by atoms with Crippen LogP contribution >= 0.6 is 11.6 Å². The van der Waals surface area contributed by atoms with Gasteiger partial charge in [-0.05, 0) is 59.0 Å². The highest BCUT2D eigenvalue weighted by Crippen LogP contribution is 2.29. The van der Waals surface area contributed by atoms with Crippen LogP contribution in [0.15, 0.2) is 47.3 Å². The minimum Gasteiger partial charge on any atom is -0.383 e. The molecular weight excluding hydrogens is 490 g/mol. The highest BCUT2D eigenvalue weighted by molar-refractivity contribution is 6.31. The number of piperazine rings is 1. The zero-order valence-electron chi connectivity index (χ0n) is 21.4. The minimum absolute atomic E-state index is 0.121. The van der Waals surface area contributed by atoms with E-state index in [1.165, 1.54) is 0 Å². The number of fused-ring (bicyclic) bond motifs is 1. The normalized spacial score (nSPS) is 15.9. The Hall–Kier alpha value is -3.11. The van der Waals surface area contributed by atoms with E-state index >= 15 is 0 Å². The molecule has 1 unspecified atom stereocenters. The molecule has 194 valence electrons. The van der Waals surface area contributed by atoms with Crippen molar-refractivity contribution in [2.45, 2.75) is 33.0 Å². The van der Waals surface area contributed by atoms with Crippen molar-refractivity contribution in [2.75, 3.05) is 39.9 Å². The SMILES string of the molecule is COCCn1nnnc1C(c1cc2cc(C)cc(C)c2[nH]c1=O)N1CCN(Cc2ccccc2Cl)CC1. The highest BCUT2D eigenvalue weighted by Gasteiger charge is 2.32. The van der Waals surface area contributed by atoms with E-state index in [2.05, 4.69) is 55.4 Å². The molecule has 2 aromatic carbocycles.